The van der Waals surface area contributed by atoms with Crippen LogP contribution in [0.15, 0.2) is 29.6 Å². The molecule has 1 aromatic heterocycles. The van der Waals surface area contributed by atoms with Gasteiger partial charge in [0.05, 0.1) is 12.1 Å². The van der Waals surface area contributed by atoms with Crippen molar-refractivity contribution >= 4 is 42.1 Å². The topological polar surface area (TPSA) is 54.0 Å². The van der Waals surface area contributed by atoms with E-state index in [0.29, 0.717) is 12.5 Å². The average molecular weight is 406 g/mol. The zero-order valence-corrected chi connectivity index (χ0v) is 16.1. The van der Waals surface area contributed by atoms with Crippen LogP contribution in [0.3, 0.4) is 0 Å². The van der Waals surface area contributed by atoms with Gasteiger partial charge in [-0.15, -0.1) is 36.2 Å². The Balaban J connectivity index is 0.00000156. The normalized spacial score (nSPS) is 16.0. The minimum absolute atomic E-state index is 0. The maximum Gasteiger partial charge on any atom is 0.226 e. The summed E-state index contributed by atoms with van der Waals surface area (Å²) in [5.74, 6) is 0.389. The molecule has 1 atom stereocenters. The van der Waals surface area contributed by atoms with Crippen molar-refractivity contribution in [2.24, 2.45) is 5.92 Å². The van der Waals surface area contributed by atoms with E-state index in [1.807, 2.05) is 11.4 Å². The van der Waals surface area contributed by atoms with Gasteiger partial charge < -0.3 is 10.6 Å². The molecule has 1 aliphatic rings. The summed E-state index contributed by atoms with van der Waals surface area (Å²) in [6.07, 6.45) is 2.48. The lowest BCUT2D eigenvalue weighted by Gasteiger charge is -2.08. The van der Waals surface area contributed by atoms with Crippen molar-refractivity contribution in [1.29, 1.82) is 0 Å². The SMILES string of the molecule is Cl.Cl.O=C(Cc1csc(-c2cccc(F)c2)n1)NCCC1CCNC1. The number of nitrogens with one attached hydrogen (secondary N) is 2. The molecule has 0 saturated carbocycles. The fourth-order valence-electron chi connectivity index (χ4n) is 2.75. The molecule has 2 N–H and O–H groups in total. The third-order valence-electron chi connectivity index (χ3n) is 4.00. The van der Waals surface area contributed by atoms with Crippen LogP contribution in [0.5, 0.6) is 0 Å². The first-order valence-corrected chi connectivity index (χ1v) is 8.76. The van der Waals surface area contributed by atoms with Crippen LogP contribution in [-0.2, 0) is 11.2 Å². The zero-order valence-electron chi connectivity index (χ0n) is 13.7. The number of carbonyl (C=O) groups excluding carboxylic acids is 1. The molecule has 1 aromatic carbocycles. The van der Waals surface area contributed by atoms with Crippen LogP contribution >= 0.6 is 36.2 Å². The van der Waals surface area contributed by atoms with Crippen LogP contribution in [0.25, 0.3) is 10.6 Å². The molecule has 0 aliphatic carbocycles. The second-order valence-corrected chi connectivity index (χ2v) is 6.69. The van der Waals surface area contributed by atoms with Crippen LogP contribution in [0, 0.1) is 11.7 Å². The molecule has 0 bridgehead atoms. The van der Waals surface area contributed by atoms with Gasteiger partial charge in [-0.25, -0.2) is 9.37 Å². The summed E-state index contributed by atoms with van der Waals surface area (Å²) in [6.45, 7) is 2.85. The van der Waals surface area contributed by atoms with E-state index in [0.717, 1.165) is 35.8 Å². The minimum Gasteiger partial charge on any atom is -0.356 e. The van der Waals surface area contributed by atoms with Gasteiger partial charge >= 0.3 is 0 Å². The van der Waals surface area contributed by atoms with Gasteiger partial charge in [0.2, 0.25) is 5.91 Å². The lowest BCUT2D eigenvalue weighted by atomic mass is 10.1. The second-order valence-electron chi connectivity index (χ2n) is 5.83. The quantitative estimate of drug-likeness (QED) is 0.773. The molecule has 3 rings (SSSR count). The molecule has 138 valence electrons. The van der Waals surface area contributed by atoms with E-state index in [1.165, 1.54) is 29.9 Å². The van der Waals surface area contributed by atoms with Gasteiger partial charge in [0, 0.05) is 17.5 Å². The Morgan fingerprint density at radius 2 is 2.24 bits per heavy atom. The van der Waals surface area contributed by atoms with Crippen molar-refractivity contribution in [3.63, 3.8) is 0 Å². The van der Waals surface area contributed by atoms with Gasteiger partial charge in [0.15, 0.2) is 0 Å². The summed E-state index contributed by atoms with van der Waals surface area (Å²) in [4.78, 5) is 16.4. The molecule has 2 heterocycles. The van der Waals surface area contributed by atoms with Crippen LogP contribution in [0.2, 0.25) is 0 Å². The Morgan fingerprint density at radius 3 is 2.96 bits per heavy atom. The van der Waals surface area contributed by atoms with E-state index < -0.39 is 0 Å². The summed E-state index contributed by atoms with van der Waals surface area (Å²) in [7, 11) is 0. The maximum atomic E-state index is 13.2. The number of rotatable bonds is 6. The number of nitrogens with zero attached hydrogens (tertiary/aromatic N) is 1. The van der Waals surface area contributed by atoms with Crippen molar-refractivity contribution in [2.45, 2.75) is 19.3 Å². The van der Waals surface area contributed by atoms with Gasteiger partial charge in [0.1, 0.15) is 10.8 Å². The first kappa shape index (κ1) is 21.8. The van der Waals surface area contributed by atoms with Gasteiger partial charge in [-0.1, -0.05) is 12.1 Å². The molecule has 0 radical (unpaired) electrons. The largest absolute Gasteiger partial charge is 0.356 e. The third-order valence-corrected chi connectivity index (χ3v) is 4.94. The van der Waals surface area contributed by atoms with Gasteiger partial charge in [-0.05, 0) is 44.0 Å². The summed E-state index contributed by atoms with van der Waals surface area (Å²) in [5.41, 5.74) is 1.48. The molecule has 25 heavy (non-hydrogen) atoms. The van der Waals surface area contributed by atoms with E-state index in [2.05, 4.69) is 15.6 Å². The monoisotopic (exact) mass is 405 g/mol. The Kier molecular flexibility index (Phi) is 9.35. The predicted octanol–water partition coefficient (Wildman–Crippen LogP) is 3.45. The molecule has 1 aliphatic heterocycles. The minimum atomic E-state index is -0.279. The van der Waals surface area contributed by atoms with E-state index in [9.17, 15) is 9.18 Å². The van der Waals surface area contributed by atoms with E-state index >= 15 is 0 Å². The fraction of sp³-hybridized carbons (Fsp3) is 0.412. The molecule has 1 unspecified atom stereocenters. The standard InChI is InChI=1S/C17H20FN3OS.2ClH/c18-14-3-1-2-13(8-14)17-21-15(11-23-17)9-16(22)20-7-5-12-4-6-19-10-12;;/h1-3,8,11-12,19H,4-7,9-10H2,(H,20,22);2*1H. The number of amides is 1. The second kappa shape index (κ2) is 10.7. The zero-order chi connectivity index (χ0) is 16.1. The molecule has 8 heteroatoms. The number of benzene rings is 1. The molecular weight excluding hydrogens is 384 g/mol. The highest BCUT2D eigenvalue weighted by Crippen LogP contribution is 2.24. The summed E-state index contributed by atoms with van der Waals surface area (Å²) in [6, 6.07) is 6.35. The maximum absolute atomic E-state index is 13.2. The summed E-state index contributed by atoms with van der Waals surface area (Å²) >= 11 is 1.43. The molecule has 1 saturated heterocycles. The molecule has 2 aromatic rings. The highest BCUT2D eigenvalue weighted by atomic mass is 35.5. The van der Waals surface area contributed by atoms with Crippen molar-refractivity contribution in [2.75, 3.05) is 19.6 Å². The summed E-state index contributed by atoms with van der Waals surface area (Å²) in [5, 5.41) is 8.88. The Hall–Kier alpha value is -1.21. The number of hydrogen-bond acceptors (Lipinski definition) is 4. The molecule has 1 amide bonds. The lowest BCUT2D eigenvalue weighted by Crippen LogP contribution is -2.27. The summed E-state index contributed by atoms with van der Waals surface area (Å²) < 4.78 is 13.2. The van der Waals surface area contributed by atoms with Gasteiger partial charge in [-0.2, -0.15) is 0 Å². The molecular formula is C17H22Cl2FN3OS. The van der Waals surface area contributed by atoms with Crippen LogP contribution < -0.4 is 10.6 Å². The first-order chi connectivity index (χ1) is 11.2. The highest BCUT2D eigenvalue weighted by Gasteiger charge is 2.14. The average Bonchev–Trinajstić information content (AvgIpc) is 3.19. The van der Waals surface area contributed by atoms with E-state index in [-0.39, 0.29) is 43.0 Å². The number of aromatic nitrogens is 1. The van der Waals surface area contributed by atoms with E-state index in [1.54, 1.807) is 6.07 Å². The van der Waals surface area contributed by atoms with Gasteiger partial charge in [-0.3, -0.25) is 4.79 Å². The highest BCUT2D eigenvalue weighted by molar-refractivity contribution is 7.13. The van der Waals surface area contributed by atoms with Crippen molar-refractivity contribution < 1.29 is 9.18 Å². The Bertz CT molecular complexity index is 677. The smallest absolute Gasteiger partial charge is 0.226 e. The van der Waals surface area contributed by atoms with Crippen molar-refractivity contribution in [3.05, 3.63) is 41.2 Å². The fourth-order valence-corrected chi connectivity index (χ4v) is 3.56. The number of thiazole rings is 1. The number of hydrogen-bond donors (Lipinski definition) is 2. The molecule has 1 fully saturated rings. The molecule has 4 nitrogen and oxygen atoms in total. The molecule has 0 spiro atoms. The predicted molar refractivity (Wildman–Crippen MR) is 104 cm³/mol. The van der Waals surface area contributed by atoms with Gasteiger partial charge in [0.25, 0.3) is 0 Å². The van der Waals surface area contributed by atoms with Crippen molar-refractivity contribution in [3.8, 4) is 10.6 Å². The Morgan fingerprint density at radius 1 is 1.40 bits per heavy atom. The van der Waals surface area contributed by atoms with Crippen molar-refractivity contribution in [1.82, 2.24) is 15.6 Å². The lowest BCUT2D eigenvalue weighted by molar-refractivity contribution is -0.120. The van der Waals surface area contributed by atoms with Crippen LogP contribution in [-0.4, -0.2) is 30.5 Å². The third kappa shape index (κ3) is 6.55. The number of carbonyl (C=O) groups is 1. The number of halogens is 3. The first-order valence-electron chi connectivity index (χ1n) is 7.88. The van der Waals surface area contributed by atoms with Crippen LogP contribution in [0.4, 0.5) is 4.39 Å². The Labute approximate surface area is 163 Å². The van der Waals surface area contributed by atoms with Crippen LogP contribution in [0.1, 0.15) is 18.5 Å². The van der Waals surface area contributed by atoms with E-state index in [4.69, 9.17) is 0 Å².